The average Bonchev–Trinajstić information content (AvgIpc) is 3.18. The van der Waals surface area contributed by atoms with Crippen LogP contribution in [0.3, 0.4) is 0 Å². The SMILES string of the molecule is CC(C)CN(C(Cc1ccccc1)C(O)CNC(=O)O)S(=O)(=O)c1ccc2c(c1)C(=CNCC(F)(F)F)C(=O)N2. The summed E-state index contributed by atoms with van der Waals surface area (Å²) in [6.45, 7) is 1.71. The summed E-state index contributed by atoms with van der Waals surface area (Å²) in [4.78, 5) is 23.2. The molecule has 2 amide bonds. The standard InChI is InChI=1S/C26H31F3N4O6S/c1-16(2)14-33(22(23(34)13-31-25(36)37)10-17-6-4-3-5-7-17)40(38,39)18-8-9-21-19(11-18)20(24(35)32-21)12-30-15-26(27,28)29/h3-9,11-12,16,22-23,30-31,34H,10,13-15H2,1-2H3,(H,32,35)(H,36,37). The molecule has 0 spiro atoms. The summed E-state index contributed by atoms with van der Waals surface area (Å²) in [6.07, 6.45) is -6.39. The minimum absolute atomic E-state index is 0.0337. The van der Waals surface area contributed by atoms with Crippen molar-refractivity contribution in [2.24, 2.45) is 5.92 Å². The van der Waals surface area contributed by atoms with Crippen molar-refractivity contribution >= 4 is 33.3 Å². The average molecular weight is 585 g/mol. The van der Waals surface area contributed by atoms with Crippen LogP contribution in [0, 0.1) is 5.92 Å². The molecular formula is C26H31F3N4O6S. The number of amides is 2. The fraction of sp³-hybridized carbons (Fsp3) is 0.385. The summed E-state index contributed by atoms with van der Waals surface area (Å²) < 4.78 is 67.0. The number of sulfonamides is 1. The highest BCUT2D eigenvalue weighted by Crippen LogP contribution is 2.35. The van der Waals surface area contributed by atoms with Gasteiger partial charge in [0.2, 0.25) is 10.0 Å². The summed E-state index contributed by atoms with van der Waals surface area (Å²) >= 11 is 0. The van der Waals surface area contributed by atoms with Crippen molar-refractivity contribution in [2.45, 2.75) is 43.5 Å². The lowest BCUT2D eigenvalue weighted by atomic mass is 10.0. The van der Waals surface area contributed by atoms with Crippen LogP contribution in [0.4, 0.5) is 23.7 Å². The third-order valence-corrected chi connectivity index (χ3v) is 7.93. The van der Waals surface area contributed by atoms with Crippen LogP contribution in [0.1, 0.15) is 25.0 Å². The highest BCUT2D eigenvalue weighted by atomic mass is 32.2. The predicted molar refractivity (Wildman–Crippen MR) is 142 cm³/mol. The Morgan fingerprint density at radius 2 is 1.82 bits per heavy atom. The van der Waals surface area contributed by atoms with Gasteiger partial charge in [0.1, 0.15) is 6.54 Å². The van der Waals surface area contributed by atoms with Gasteiger partial charge in [0, 0.05) is 30.5 Å². The lowest BCUT2D eigenvalue weighted by Gasteiger charge is -2.35. The number of anilines is 1. The van der Waals surface area contributed by atoms with E-state index in [0.717, 1.165) is 10.5 Å². The van der Waals surface area contributed by atoms with E-state index < -0.39 is 53.4 Å². The zero-order chi connectivity index (χ0) is 29.7. The summed E-state index contributed by atoms with van der Waals surface area (Å²) in [6, 6.07) is 11.5. The number of fused-ring (bicyclic) bond motifs is 1. The third-order valence-electron chi connectivity index (χ3n) is 6.04. The number of nitrogens with zero attached hydrogens (tertiary/aromatic N) is 1. The molecule has 3 rings (SSSR count). The van der Waals surface area contributed by atoms with Gasteiger partial charge in [0.25, 0.3) is 5.91 Å². The molecule has 0 aromatic heterocycles. The number of nitrogens with one attached hydrogen (secondary N) is 3. The molecule has 0 saturated heterocycles. The summed E-state index contributed by atoms with van der Waals surface area (Å²) in [5.41, 5.74) is 0.859. The smallest absolute Gasteiger partial charge is 0.405 e. The summed E-state index contributed by atoms with van der Waals surface area (Å²) in [5.74, 6) is -0.900. The Morgan fingerprint density at radius 1 is 1.15 bits per heavy atom. The van der Waals surface area contributed by atoms with Crippen molar-refractivity contribution in [3.8, 4) is 0 Å². The van der Waals surface area contributed by atoms with Crippen molar-refractivity contribution in [3.05, 3.63) is 65.9 Å². The van der Waals surface area contributed by atoms with Crippen LogP contribution in [0.2, 0.25) is 0 Å². The molecule has 1 heterocycles. The second-order valence-corrected chi connectivity index (χ2v) is 11.6. The van der Waals surface area contributed by atoms with Crippen LogP contribution in [-0.2, 0) is 21.2 Å². The number of alkyl halides is 3. The fourth-order valence-corrected chi connectivity index (χ4v) is 6.10. The van der Waals surface area contributed by atoms with Gasteiger partial charge in [-0.2, -0.15) is 17.5 Å². The maximum atomic E-state index is 14.1. The lowest BCUT2D eigenvalue weighted by Crippen LogP contribution is -2.52. The zero-order valence-electron chi connectivity index (χ0n) is 21.8. The molecule has 2 aromatic rings. The fourth-order valence-electron chi connectivity index (χ4n) is 4.26. The number of rotatable bonds is 12. The lowest BCUT2D eigenvalue weighted by molar-refractivity contribution is -0.123. The summed E-state index contributed by atoms with van der Waals surface area (Å²) in [7, 11) is -4.37. The van der Waals surface area contributed by atoms with Crippen molar-refractivity contribution in [1.29, 1.82) is 0 Å². The third kappa shape index (κ3) is 7.96. The molecule has 1 aliphatic heterocycles. The second kappa shape index (κ2) is 12.7. The molecule has 0 radical (unpaired) electrons. The first-order valence-corrected chi connectivity index (χ1v) is 13.8. The topological polar surface area (TPSA) is 148 Å². The van der Waals surface area contributed by atoms with E-state index in [2.05, 4.69) is 10.6 Å². The molecule has 40 heavy (non-hydrogen) atoms. The number of hydrogen-bond donors (Lipinski definition) is 5. The maximum absolute atomic E-state index is 14.1. The number of aliphatic hydroxyl groups excluding tert-OH is 1. The predicted octanol–water partition coefficient (Wildman–Crippen LogP) is 3.02. The zero-order valence-corrected chi connectivity index (χ0v) is 22.6. The first-order chi connectivity index (χ1) is 18.7. The van der Waals surface area contributed by atoms with Gasteiger partial charge >= 0.3 is 12.3 Å². The van der Waals surface area contributed by atoms with Crippen LogP contribution in [0.5, 0.6) is 0 Å². The Kier molecular flexibility index (Phi) is 9.82. The van der Waals surface area contributed by atoms with Crippen molar-refractivity contribution in [1.82, 2.24) is 14.9 Å². The molecule has 218 valence electrons. The molecule has 0 bridgehead atoms. The number of carboxylic acid groups (broad SMARTS) is 1. The van der Waals surface area contributed by atoms with E-state index in [4.69, 9.17) is 5.11 Å². The van der Waals surface area contributed by atoms with E-state index in [1.54, 1.807) is 44.2 Å². The van der Waals surface area contributed by atoms with Gasteiger partial charge in [-0.15, -0.1) is 0 Å². The highest BCUT2D eigenvalue weighted by molar-refractivity contribution is 7.89. The first kappa shape index (κ1) is 30.9. The molecule has 14 heteroatoms. The molecule has 2 atom stereocenters. The van der Waals surface area contributed by atoms with E-state index >= 15 is 0 Å². The van der Waals surface area contributed by atoms with E-state index in [1.807, 2.05) is 5.32 Å². The molecule has 2 unspecified atom stereocenters. The Hall–Kier alpha value is -3.62. The van der Waals surface area contributed by atoms with E-state index in [-0.39, 0.29) is 40.6 Å². The Morgan fingerprint density at radius 3 is 2.42 bits per heavy atom. The second-order valence-electron chi connectivity index (χ2n) is 9.69. The highest BCUT2D eigenvalue weighted by Gasteiger charge is 2.37. The van der Waals surface area contributed by atoms with Gasteiger partial charge in [-0.05, 0) is 36.1 Å². The molecule has 0 saturated carbocycles. The molecule has 2 aromatic carbocycles. The van der Waals surface area contributed by atoms with Gasteiger partial charge < -0.3 is 26.2 Å². The van der Waals surface area contributed by atoms with Gasteiger partial charge in [-0.25, -0.2) is 13.2 Å². The normalized spacial score (nSPS) is 16.1. The monoisotopic (exact) mass is 584 g/mol. The minimum Gasteiger partial charge on any atom is -0.465 e. The van der Waals surface area contributed by atoms with Gasteiger partial charge in [0.15, 0.2) is 0 Å². The Labute approximate surface area is 229 Å². The van der Waals surface area contributed by atoms with Gasteiger partial charge in [-0.3, -0.25) is 4.79 Å². The van der Waals surface area contributed by atoms with E-state index in [0.29, 0.717) is 5.56 Å². The number of carbonyl (C=O) groups excluding carboxylic acids is 1. The number of halogens is 3. The van der Waals surface area contributed by atoms with Crippen LogP contribution in [-0.4, -0.2) is 72.9 Å². The maximum Gasteiger partial charge on any atom is 0.405 e. The number of hydrogen-bond acceptors (Lipinski definition) is 6. The Bertz CT molecular complexity index is 1350. The van der Waals surface area contributed by atoms with Crippen LogP contribution in [0.15, 0.2) is 59.6 Å². The first-order valence-electron chi connectivity index (χ1n) is 12.4. The van der Waals surface area contributed by atoms with Crippen molar-refractivity contribution < 1.29 is 41.4 Å². The Balaban J connectivity index is 2.04. The van der Waals surface area contributed by atoms with Crippen molar-refractivity contribution in [3.63, 3.8) is 0 Å². The minimum atomic E-state index is -4.53. The molecule has 1 aliphatic rings. The van der Waals surface area contributed by atoms with Gasteiger partial charge in [-0.1, -0.05) is 44.2 Å². The molecule has 10 nitrogen and oxygen atoms in total. The number of carbonyl (C=O) groups is 2. The van der Waals surface area contributed by atoms with Crippen LogP contribution >= 0.6 is 0 Å². The molecule has 5 N–H and O–H groups in total. The number of aliphatic hydroxyl groups is 1. The molecular weight excluding hydrogens is 553 g/mol. The quantitative estimate of drug-likeness (QED) is 0.241. The largest absolute Gasteiger partial charge is 0.465 e. The van der Waals surface area contributed by atoms with E-state index in [9.17, 15) is 36.3 Å². The molecule has 0 aliphatic carbocycles. The van der Waals surface area contributed by atoms with Gasteiger partial charge in [0.05, 0.1) is 22.6 Å². The molecule has 0 fully saturated rings. The van der Waals surface area contributed by atoms with E-state index in [1.165, 1.54) is 18.2 Å². The van der Waals surface area contributed by atoms with Crippen molar-refractivity contribution in [2.75, 3.05) is 25.0 Å². The number of benzene rings is 2. The van der Waals surface area contributed by atoms with Crippen LogP contribution in [0.25, 0.3) is 5.57 Å². The summed E-state index contributed by atoms with van der Waals surface area (Å²) in [5, 5.41) is 26.7. The van der Waals surface area contributed by atoms with Crippen LogP contribution < -0.4 is 16.0 Å².